The van der Waals surface area contributed by atoms with Crippen molar-refractivity contribution in [2.75, 3.05) is 13.2 Å². The molecule has 2 heterocycles. The number of likely N-dealkylation sites (tertiary alicyclic amines) is 1. The van der Waals surface area contributed by atoms with E-state index in [-0.39, 0.29) is 18.6 Å². The maximum Gasteiger partial charge on any atom is 0.246 e. The number of amides is 1. The fraction of sp³-hybridized carbons (Fsp3) is 0.462. The highest BCUT2D eigenvalue weighted by Gasteiger charge is 2.32. The van der Waals surface area contributed by atoms with Crippen molar-refractivity contribution in [2.24, 2.45) is 5.92 Å². The predicted molar refractivity (Wildman–Crippen MR) is 69.7 cm³/mol. The lowest BCUT2D eigenvalue weighted by Gasteiger charge is -2.23. The summed E-state index contributed by atoms with van der Waals surface area (Å²) in [5.41, 5.74) is 0. The van der Waals surface area contributed by atoms with Crippen LogP contribution < -0.4 is 0 Å². The van der Waals surface area contributed by atoms with E-state index < -0.39 is 0 Å². The second kappa shape index (κ2) is 5.47. The lowest BCUT2D eigenvalue weighted by molar-refractivity contribution is -0.127. The number of aliphatic hydroxyl groups excluding tert-OH is 1. The summed E-state index contributed by atoms with van der Waals surface area (Å²) in [4.78, 5) is 14.8. The van der Waals surface area contributed by atoms with Gasteiger partial charge in [0, 0.05) is 17.5 Å². The first-order chi connectivity index (χ1) is 8.22. The molecule has 1 saturated heterocycles. The molecule has 1 N–H and O–H groups in total. The highest BCUT2D eigenvalue weighted by molar-refractivity contribution is 7.10. The molecule has 0 radical (unpaired) electrons. The highest BCUT2D eigenvalue weighted by atomic mass is 32.1. The maximum atomic E-state index is 12.0. The minimum absolute atomic E-state index is 0.00167. The molecule has 2 rings (SSSR count). The summed E-state index contributed by atoms with van der Waals surface area (Å²) in [5.74, 6) is 0.390. The zero-order chi connectivity index (χ0) is 12.3. The van der Waals surface area contributed by atoms with Gasteiger partial charge >= 0.3 is 0 Å². The van der Waals surface area contributed by atoms with E-state index in [1.165, 1.54) is 0 Å². The Kier molecular flexibility index (Phi) is 3.97. The molecule has 1 aromatic rings. The predicted octanol–water partition coefficient (Wildman–Crippen LogP) is 1.99. The van der Waals surface area contributed by atoms with Gasteiger partial charge in [0.25, 0.3) is 0 Å². The van der Waals surface area contributed by atoms with Crippen LogP contribution >= 0.6 is 11.3 Å². The van der Waals surface area contributed by atoms with E-state index in [0.717, 1.165) is 17.8 Å². The van der Waals surface area contributed by atoms with Gasteiger partial charge in [0.2, 0.25) is 5.91 Å². The number of rotatable bonds is 3. The number of carbonyl (C=O) groups is 1. The number of carbonyl (C=O) groups excluding carboxylic acids is 1. The smallest absolute Gasteiger partial charge is 0.246 e. The molecule has 1 fully saturated rings. The fourth-order valence-electron chi connectivity index (χ4n) is 2.20. The van der Waals surface area contributed by atoms with Crippen LogP contribution in [0.5, 0.6) is 0 Å². The Balaban J connectivity index is 2.01. The molecule has 0 spiro atoms. The van der Waals surface area contributed by atoms with E-state index in [0.29, 0.717) is 5.92 Å². The number of hydrogen-bond acceptors (Lipinski definition) is 3. The molecule has 4 heteroatoms. The van der Waals surface area contributed by atoms with Crippen LogP contribution in [0.25, 0.3) is 6.08 Å². The Hall–Kier alpha value is -1.13. The lowest BCUT2D eigenvalue weighted by Crippen LogP contribution is -2.38. The first-order valence-electron chi connectivity index (χ1n) is 5.85. The molecule has 0 aliphatic carbocycles. The second-order valence-electron chi connectivity index (χ2n) is 4.40. The van der Waals surface area contributed by atoms with Crippen LogP contribution in [0.4, 0.5) is 0 Å². The molecule has 1 aliphatic heterocycles. The van der Waals surface area contributed by atoms with Gasteiger partial charge in [0.1, 0.15) is 0 Å². The van der Waals surface area contributed by atoms with Gasteiger partial charge in [-0.3, -0.25) is 4.79 Å². The van der Waals surface area contributed by atoms with Crippen molar-refractivity contribution in [3.05, 3.63) is 28.5 Å². The van der Waals surface area contributed by atoms with Crippen LogP contribution in [0.15, 0.2) is 23.6 Å². The minimum atomic E-state index is -0.0181. The SMILES string of the molecule is CC1CCN(C(=O)/C=C/c2cccs2)C1CO. The summed E-state index contributed by atoms with van der Waals surface area (Å²) in [6.07, 6.45) is 4.42. The summed E-state index contributed by atoms with van der Waals surface area (Å²) in [7, 11) is 0. The molecule has 1 aliphatic rings. The van der Waals surface area contributed by atoms with Crippen LogP contribution in [0.3, 0.4) is 0 Å². The third kappa shape index (κ3) is 2.76. The molecule has 0 aromatic carbocycles. The van der Waals surface area contributed by atoms with Crippen molar-refractivity contribution >= 4 is 23.3 Å². The molecule has 1 aromatic heterocycles. The van der Waals surface area contributed by atoms with Gasteiger partial charge in [0.15, 0.2) is 0 Å². The van der Waals surface area contributed by atoms with Crippen LogP contribution in [-0.2, 0) is 4.79 Å². The minimum Gasteiger partial charge on any atom is -0.394 e. The van der Waals surface area contributed by atoms with Gasteiger partial charge in [-0.05, 0) is 29.9 Å². The van der Waals surface area contributed by atoms with E-state index >= 15 is 0 Å². The van der Waals surface area contributed by atoms with Crippen molar-refractivity contribution in [3.63, 3.8) is 0 Å². The van der Waals surface area contributed by atoms with Crippen molar-refractivity contribution < 1.29 is 9.90 Å². The van der Waals surface area contributed by atoms with Gasteiger partial charge in [-0.15, -0.1) is 11.3 Å². The standard InChI is InChI=1S/C13H17NO2S/c1-10-6-7-14(12(10)9-15)13(16)5-4-11-3-2-8-17-11/h2-5,8,10,12,15H,6-7,9H2,1H3/b5-4+. The summed E-state index contributed by atoms with van der Waals surface area (Å²) in [6, 6.07) is 3.92. The quantitative estimate of drug-likeness (QED) is 0.835. The van der Waals surface area contributed by atoms with Crippen LogP contribution in [0, 0.1) is 5.92 Å². The summed E-state index contributed by atoms with van der Waals surface area (Å²) >= 11 is 1.61. The van der Waals surface area contributed by atoms with E-state index in [9.17, 15) is 9.90 Å². The van der Waals surface area contributed by atoms with E-state index in [1.54, 1.807) is 22.3 Å². The summed E-state index contributed by atoms with van der Waals surface area (Å²) < 4.78 is 0. The number of thiophene rings is 1. The van der Waals surface area contributed by atoms with Crippen molar-refractivity contribution in [1.29, 1.82) is 0 Å². The normalized spacial score (nSPS) is 24.7. The monoisotopic (exact) mass is 251 g/mol. The van der Waals surface area contributed by atoms with Crippen molar-refractivity contribution in [1.82, 2.24) is 4.90 Å². The van der Waals surface area contributed by atoms with E-state index in [1.807, 2.05) is 23.6 Å². The Morgan fingerprint density at radius 2 is 2.53 bits per heavy atom. The third-order valence-electron chi connectivity index (χ3n) is 3.29. The molecular weight excluding hydrogens is 234 g/mol. The second-order valence-corrected chi connectivity index (χ2v) is 5.38. The Bertz CT molecular complexity index is 400. The molecular formula is C13H17NO2S. The molecule has 2 unspecified atom stereocenters. The zero-order valence-corrected chi connectivity index (χ0v) is 10.7. The molecule has 92 valence electrons. The van der Waals surface area contributed by atoms with Crippen molar-refractivity contribution in [3.8, 4) is 0 Å². The highest BCUT2D eigenvalue weighted by Crippen LogP contribution is 2.24. The van der Waals surface area contributed by atoms with Crippen molar-refractivity contribution in [2.45, 2.75) is 19.4 Å². The first-order valence-corrected chi connectivity index (χ1v) is 6.73. The first kappa shape index (κ1) is 12.3. The topological polar surface area (TPSA) is 40.5 Å². The van der Waals surface area contributed by atoms with Gasteiger partial charge in [0.05, 0.1) is 12.6 Å². The maximum absolute atomic E-state index is 12.0. The lowest BCUT2D eigenvalue weighted by atomic mass is 10.0. The Labute approximate surface area is 105 Å². The van der Waals surface area contributed by atoms with Gasteiger partial charge < -0.3 is 10.0 Å². The summed E-state index contributed by atoms with van der Waals surface area (Å²) in [5, 5.41) is 11.3. The largest absolute Gasteiger partial charge is 0.394 e. The molecule has 0 saturated carbocycles. The number of aliphatic hydroxyl groups is 1. The van der Waals surface area contributed by atoms with Gasteiger partial charge in [-0.2, -0.15) is 0 Å². The Morgan fingerprint density at radius 3 is 3.18 bits per heavy atom. The number of nitrogens with zero attached hydrogens (tertiary/aromatic N) is 1. The van der Waals surface area contributed by atoms with Gasteiger partial charge in [-0.25, -0.2) is 0 Å². The number of hydrogen-bond donors (Lipinski definition) is 1. The third-order valence-corrected chi connectivity index (χ3v) is 4.12. The van der Waals surface area contributed by atoms with E-state index in [4.69, 9.17) is 0 Å². The Morgan fingerprint density at radius 1 is 1.71 bits per heavy atom. The zero-order valence-electron chi connectivity index (χ0n) is 9.87. The van der Waals surface area contributed by atoms with Gasteiger partial charge in [-0.1, -0.05) is 13.0 Å². The average Bonchev–Trinajstić information content (AvgIpc) is 2.94. The summed E-state index contributed by atoms with van der Waals surface area (Å²) in [6.45, 7) is 2.89. The van der Waals surface area contributed by atoms with Crippen LogP contribution in [0.1, 0.15) is 18.2 Å². The molecule has 0 bridgehead atoms. The van der Waals surface area contributed by atoms with Crippen LogP contribution in [0.2, 0.25) is 0 Å². The van der Waals surface area contributed by atoms with E-state index in [2.05, 4.69) is 6.92 Å². The molecule has 3 nitrogen and oxygen atoms in total. The van der Waals surface area contributed by atoms with Crippen LogP contribution in [-0.4, -0.2) is 35.1 Å². The molecule has 2 atom stereocenters. The molecule has 1 amide bonds. The molecule has 17 heavy (non-hydrogen) atoms. The average molecular weight is 251 g/mol. The fourth-order valence-corrected chi connectivity index (χ4v) is 2.81.